The van der Waals surface area contributed by atoms with Crippen molar-refractivity contribution in [2.24, 2.45) is 5.41 Å². The van der Waals surface area contributed by atoms with E-state index in [0.29, 0.717) is 17.5 Å². The van der Waals surface area contributed by atoms with Crippen LogP contribution in [-0.2, 0) is 6.54 Å². The van der Waals surface area contributed by atoms with Crippen LogP contribution < -0.4 is 9.47 Å². The maximum absolute atomic E-state index is 5.66. The van der Waals surface area contributed by atoms with Crippen molar-refractivity contribution in [3.05, 3.63) is 59.7 Å². The molecule has 4 nitrogen and oxygen atoms in total. The van der Waals surface area contributed by atoms with Gasteiger partial charge in [-0.15, -0.1) is 0 Å². The highest BCUT2D eigenvalue weighted by molar-refractivity contribution is 5.46. The molecule has 2 aromatic rings. The topological polar surface area (TPSA) is 24.9 Å². The van der Waals surface area contributed by atoms with Gasteiger partial charge in [-0.1, -0.05) is 61.7 Å². The highest BCUT2D eigenvalue weighted by Gasteiger charge is 2.54. The number of ether oxygens (including phenoxy) is 2. The van der Waals surface area contributed by atoms with Crippen LogP contribution in [0.25, 0.3) is 0 Å². The minimum Gasteiger partial charge on any atom is -0.493 e. The number of hydrogen-bond donors (Lipinski definition) is 0. The monoisotopic (exact) mass is 434 g/mol. The molecule has 2 aliphatic heterocycles. The number of rotatable bonds is 6. The van der Waals surface area contributed by atoms with Gasteiger partial charge in [-0.3, -0.25) is 9.80 Å². The summed E-state index contributed by atoms with van der Waals surface area (Å²) in [5.74, 6) is 1.70. The molecule has 0 amide bonds. The van der Waals surface area contributed by atoms with Crippen LogP contribution in [0.4, 0.5) is 0 Å². The Bertz CT molecular complexity index is 886. The highest BCUT2D eigenvalue weighted by atomic mass is 16.5. The van der Waals surface area contributed by atoms with Crippen LogP contribution in [0.3, 0.4) is 0 Å². The number of para-hydroxylation sites is 1. The van der Waals surface area contributed by atoms with Crippen LogP contribution in [0.5, 0.6) is 11.5 Å². The first-order valence-corrected chi connectivity index (χ1v) is 12.5. The fourth-order valence-corrected chi connectivity index (χ4v) is 6.72. The summed E-state index contributed by atoms with van der Waals surface area (Å²) in [7, 11) is 3.45. The fourth-order valence-electron chi connectivity index (χ4n) is 6.72. The van der Waals surface area contributed by atoms with Crippen molar-refractivity contribution in [2.75, 3.05) is 33.9 Å². The predicted molar refractivity (Wildman–Crippen MR) is 129 cm³/mol. The highest BCUT2D eigenvalue weighted by Crippen LogP contribution is 2.58. The van der Waals surface area contributed by atoms with E-state index < -0.39 is 0 Å². The van der Waals surface area contributed by atoms with Crippen LogP contribution in [0, 0.1) is 5.41 Å². The average molecular weight is 435 g/mol. The number of benzene rings is 2. The van der Waals surface area contributed by atoms with E-state index >= 15 is 0 Å². The van der Waals surface area contributed by atoms with Crippen LogP contribution in [0.1, 0.15) is 62.1 Å². The molecule has 32 heavy (non-hydrogen) atoms. The molecule has 4 heteroatoms. The van der Waals surface area contributed by atoms with E-state index in [9.17, 15) is 0 Å². The Morgan fingerprint density at radius 3 is 2.31 bits per heavy atom. The van der Waals surface area contributed by atoms with Crippen LogP contribution in [-0.4, -0.2) is 49.7 Å². The van der Waals surface area contributed by atoms with Gasteiger partial charge in [0.15, 0.2) is 11.5 Å². The molecule has 0 bridgehead atoms. The zero-order chi connectivity index (χ0) is 22.0. The largest absolute Gasteiger partial charge is 0.493 e. The molecule has 0 radical (unpaired) electrons. The summed E-state index contributed by atoms with van der Waals surface area (Å²) in [4.78, 5) is 5.45. The minimum absolute atomic E-state index is 0.532. The van der Waals surface area contributed by atoms with Crippen LogP contribution in [0.2, 0.25) is 0 Å². The van der Waals surface area contributed by atoms with Crippen molar-refractivity contribution in [2.45, 2.75) is 63.6 Å². The Hall–Kier alpha value is -2.04. The van der Waals surface area contributed by atoms with Gasteiger partial charge >= 0.3 is 0 Å². The predicted octanol–water partition coefficient (Wildman–Crippen LogP) is 5.68. The van der Waals surface area contributed by atoms with Gasteiger partial charge in [-0.25, -0.2) is 0 Å². The number of piperidine rings is 1. The molecule has 2 saturated heterocycles. The van der Waals surface area contributed by atoms with Gasteiger partial charge < -0.3 is 9.47 Å². The first-order chi connectivity index (χ1) is 15.7. The van der Waals surface area contributed by atoms with E-state index in [0.717, 1.165) is 31.1 Å². The molecule has 0 aromatic heterocycles. The lowest BCUT2D eigenvalue weighted by Gasteiger charge is -2.63. The second-order valence-electron chi connectivity index (χ2n) is 10.1. The Morgan fingerprint density at radius 2 is 1.62 bits per heavy atom. The van der Waals surface area contributed by atoms with Crippen molar-refractivity contribution in [1.29, 1.82) is 0 Å². The fraction of sp³-hybridized carbons (Fsp3) is 0.571. The molecule has 3 fully saturated rings. The molecule has 1 spiro atoms. The third-order valence-corrected chi connectivity index (χ3v) is 8.28. The van der Waals surface area contributed by atoms with E-state index in [1.165, 1.54) is 57.1 Å². The molecule has 2 aromatic carbocycles. The summed E-state index contributed by atoms with van der Waals surface area (Å²) in [5, 5.41) is 0. The maximum atomic E-state index is 5.66. The zero-order valence-corrected chi connectivity index (χ0v) is 19.8. The van der Waals surface area contributed by atoms with Crippen molar-refractivity contribution >= 4 is 0 Å². The van der Waals surface area contributed by atoms with Crippen molar-refractivity contribution < 1.29 is 9.47 Å². The van der Waals surface area contributed by atoms with Crippen molar-refractivity contribution in [3.63, 3.8) is 0 Å². The second kappa shape index (κ2) is 9.44. The second-order valence-corrected chi connectivity index (χ2v) is 10.1. The van der Waals surface area contributed by atoms with Gasteiger partial charge in [0.25, 0.3) is 0 Å². The summed E-state index contributed by atoms with van der Waals surface area (Å²) in [6.45, 7) is 4.53. The van der Waals surface area contributed by atoms with Gasteiger partial charge in [0.1, 0.15) is 0 Å². The molecule has 1 atom stereocenters. The Morgan fingerprint density at radius 1 is 0.875 bits per heavy atom. The molecular formula is C28H38N2O2. The lowest BCUT2D eigenvalue weighted by Crippen LogP contribution is -2.63. The van der Waals surface area contributed by atoms with Gasteiger partial charge in [0.2, 0.25) is 0 Å². The molecule has 0 N–H and O–H groups in total. The lowest BCUT2D eigenvalue weighted by molar-refractivity contribution is -0.133. The van der Waals surface area contributed by atoms with E-state index in [-0.39, 0.29) is 0 Å². The number of methoxy groups -OCH3 is 2. The van der Waals surface area contributed by atoms with Gasteiger partial charge in [0, 0.05) is 36.2 Å². The quantitative estimate of drug-likeness (QED) is 0.584. The Balaban J connectivity index is 1.25. The Kier molecular flexibility index (Phi) is 6.43. The third-order valence-electron chi connectivity index (χ3n) is 8.28. The average Bonchev–Trinajstić information content (AvgIpc) is 2.84. The van der Waals surface area contributed by atoms with E-state index in [4.69, 9.17) is 9.47 Å². The standard InChI is InChI=1S/C28H38N2O2/c1-31-25-13-9-12-23(26(25)32-2)20-29-18-14-24(15-19-29)30-21-28(16-7-4-8-17-28)27(30)22-10-5-3-6-11-22/h3,5-6,9-13,24,27H,4,7-8,14-21H2,1-2H3. The van der Waals surface area contributed by atoms with Crippen LogP contribution >= 0.6 is 0 Å². The molecule has 3 aliphatic rings. The maximum Gasteiger partial charge on any atom is 0.165 e. The number of nitrogens with zero attached hydrogens (tertiary/aromatic N) is 2. The molecule has 172 valence electrons. The van der Waals surface area contributed by atoms with E-state index in [2.05, 4.69) is 52.3 Å². The van der Waals surface area contributed by atoms with Gasteiger partial charge in [0.05, 0.1) is 14.2 Å². The normalized spacial score (nSPS) is 24.2. The summed E-state index contributed by atoms with van der Waals surface area (Å²) in [5.41, 5.74) is 3.30. The summed E-state index contributed by atoms with van der Waals surface area (Å²) < 4.78 is 11.2. The molecule has 5 rings (SSSR count). The van der Waals surface area contributed by atoms with E-state index in [1.54, 1.807) is 19.8 Å². The summed E-state index contributed by atoms with van der Waals surface area (Å²) in [6.07, 6.45) is 9.60. The molecule has 1 unspecified atom stereocenters. The lowest BCUT2D eigenvalue weighted by atomic mass is 9.60. The molecule has 2 heterocycles. The smallest absolute Gasteiger partial charge is 0.165 e. The number of hydrogen-bond acceptors (Lipinski definition) is 4. The Labute approximate surface area is 193 Å². The summed E-state index contributed by atoms with van der Waals surface area (Å²) in [6, 6.07) is 18.9. The van der Waals surface area contributed by atoms with Crippen molar-refractivity contribution in [3.8, 4) is 11.5 Å². The first kappa shape index (κ1) is 21.8. The van der Waals surface area contributed by atoms with Gasteiger partial charge in [-0.2, -0.15) is 0 Å². The number of likely N-dealkylation sites (tertiary alicyclic amines) is 2. The SMILES string of the molecule is COc1cccc(CN2CCC(N3CC4(CCCCC4)C3c3ccccc3)CC2)c1OC. The van der Waals surface area contributed by atoms with Crippen LogP contribution in [0.15, 0.2) is 48.5 Å². The van der Waals surface area contributed by atoms with Crippen molar-refractivity contribution in [1.82, 2.24) is 9.80 Å². The first-order valence-electron chi connectivity index (χ1n) is 12.5. The van der Waals surface area contributed by atoms with Gasteiger partial charge in [-0.05, 0) is 50.4 Å². The van der Waals surface area contributed by atoms with E-state index in [1.807, 2.05) is 6.07 Å². The zero-order valence-electron chi connectivity index (χ0n) is 19.8. The molecule has 1 aliphatic carbocycles. The summed E-state index contributed by atoms with van der Waals surface area (Å²) >= 11 is 0. The minimum atomic E-state index is 0.532. The molecule has 1 saturated carbocycles. The third kappa shape index (κ3) is 4.04. The molecular weight excluding hydrogens is 396 g/mol.